The number of nitrogens with one attached hydrogen (secondary N) is 2. The third kappa shape index (κ3) is 4.71. The molecule has 1 saturated heterocycles. The average Bonchev–Trinajstić information content (AvgIpc) is 3.54. The summed E-state index contributed by atoms with van der Waals surface area (Å²) in [6.07, 6.45) is 8.83. The van der Waals surface area contributed by atoms with Crippen LogP contribution >= 0.6 is 11.8 Å². The van der Waals surface area contributed by atoms with E-state index < -0.39 is 0 Å². The molecule has 1 aromatic carbocycles. The lowest BCUT2D eigenvalue weighted by atomic mass is 9.87. The quantitative estimate of drug-likeness (QED) is 0.518. The van der Waals surface area contributed by atoms with Gasteiger partial charge in [0.2, 0.25) is 5.91 Å². The highest BCUT2D eigenvalue weighted by molar-refractivity contribution is 7.99. The lowest BCUT2D eigenvalue weighted by molar-refractivity contribution is -0.119. The molecule has 2 aliphatic rings. The van der Waals surface area contributed by atoms with Gasteiger partial charge in [0.1, 0.15) is 0 Å². The van der Waals surface area contributed by atoms with Gasteiger partial charge in [-0.3, -0.25) is 9.36 Å². The van der Waals surface area contributed by atoms with E-state index in [4.69, 9.17) is 4.74 Å². The first-order chi connectivity index (χ1) is 15.7. The zero-order chi connectivity index (χ0) is 21.9. The van der Waals surface area contributed by atoms with Crippen molar-refractivity contribution in [2.24, 2.45) is 5.92 Å². The molecule has 0 bridgehead atoms. The van der Waals surface area contributed by atoms with Gasteiger partial charge in [0.25, 0.3) is 0 Å². The van der Waals surface area contributed by atoms with E-state index in [1.165, 1.54) is 24.6 Å². The van der Waals surface area contributed by atoms with Crippen LogP contribution in [0.4, 0.5) is 0 Å². The number of carbonyl (C=O) groups excluding carboxylic acids is 1. The molecule has 32 heavy (non-hydrogen) atoms. The number of amides is 1. The maximum atomic E-state index is 12.6. The summed E-state index contributed by atoms with van der Waals surface area (Å²) in [6, 6.07) is 8.52. The fourth-order valence-electron chi connectivity index (χ4n) is 4.81. The van der Waals surface area contributed by atoms with E-state index in [2.05, 4.69) is 44.1 Å². The maximum absolute atomic E-state index is 12.6. The molecule has 3 heterocycles. The minimum absolute atomic E-state index is 0.0786. The molecule has 170 valence electrons. The van der Waals surface area contributed by atoms with Crippen LogP contribution < -0.4 is 5.32 Å². The van der Waals surface area contributed by atoms with Crippen LogP contribution in [0.15, 0.2) is 35.6 Å². The van der Waals surface area contributed by atoms with E-state index in [1.54, 1.807) is 0 Å². The van der Waals surface area contributed by atoms with Crippen molar-refractivity contribution in [3.63, 3.8) is 0 Å². The number of hydrogen-bond donors (Lipinski definition) is 2. The van der Waals surface area contributed by atoms with Crippen molar-refractivity contribution in [2.45, 2.75) is 69.3 Å². The molecule has 1 amide bonds. The predicted octanol–water partition coefficient (Wildman–Crippen LogP) is 4.39. The van der Waals surface area contributed by atoms with Crippen LogP contribution in [0, 0.1) is 5.92 Å². The number of aromatic amines is 1. The number of H-pyrrole nitrogens is 1. The summed E-state index contributed by atoms with van der Waals surface area (Å²) in [4.78, 5) is 15.9. The van der Waals surface area contributed by atoms with Crippen molar-refractivity contribution >= 4 is 28.6 Å². The Labute approximate surface area is 192 Å². The summed E-state index contributed by atoms with van der Waals surface area (Å²) in [6.45, 7) is 3.80. The van der Waals surface area contributed by atoms with E-state index in [-0.39, 0.29) is 12.0 Å². The van der Waals surface area contributed by atoms with Crippen LogP contribution in [0.1, 0.15) is 45.4 Å². The third-order valence-corrected chi connectivity index (χ3v) is 7.64. The monoisotopic (exact) mass is 453 g/mol. The number of ether oxygens (including phenoxy) is 1. The van der Waals surface area contributed by atoms with Gasteiger partial charge in [0.05, 0.1) is 18.4 Å². The number of rotatable bonds is 7. The van der Waals surface area contributed by atoms with Crippen LogP contribution in [0.25, 0.3) is 22.3 Å². The molecule has 2 N–H and O–H groups in total. The number of fused-ring (bicyclic) bond motifs is 1. The first-order valence-corrected chi connectivity index (χ1v) is 12.7. The Bertz CT molecular complexity index is 1060. The molecule has 7 nitrogen and oxygen atoms in total. The van der Waals surface area contributed by atoms with Gasteiger partial charge in [-0.15, -0.1) is 10.2 Å². The molecule has 3 aromatic rings. The zero-order valence-electron chi connectivity index (χ0n) is 18.5. The van der Waals surface area contributed by atoms with Gasteiger partial charge < -0.3 is 15.0 Å². The van der Waals surface area contributed by atoms with E-state index in [1.807, 2.05) is 18.3 Å². The Kier molecular flexibility index (Phi) is 6.50. The second-order valence-corrected chi connectivity index (χ2v) is 10.1. The topological polar surface area (TPSA) is 84.8 Å². The van der Waals surface area contributed by atoms with Crippen molar-refractivity contribution < 1.29 is 9.53 Å². The average molecular weight is 454 g/mol. The van der Waals surface area contributed by atoms with Crippen molar-refractivity contribution in [3.8, 4) is 11.4 Å². The van der Waals surface area contributed by atoms with E-state index >= 15 is 0 Å². The molecule has 1 atom stereocenters. The fourth-order valence-corrected chi connectivity index (χ4v) is 5.57. The highest BCUT2D eigenvalue weighted by Gasteiger charge is 2.24. The summed E-state index contributed by atoms with van der Waals surface area (Å²) in [5.41, 5.74) is 2.10. The minimum atomic E-state index is 0.0786. The molecule has 1 aliphatic heterocycles. The van der Waals surface area contributed by atoms with E-state index in [9.17, 15) is 4.79 Å². The van der Waals surface area contributed by atoms with Crippen LogP contribution in [-0.2, 0) is 16.1 Å². The van der Waals surface area contributed by atoms with Crippen molar-refractivity contribution in [2.75, 3.05) is 12.4 Å². The van der Waals surface area contributed by atoms with E-state index in [0.29, 0.717) is 18.3 Å². The van der Waals surface area contributed by atoms with E-state index in [0.717, 1.165) is 65.7 Å². The number of para-hydroxylation sites is 1. The molecule has 0 radical (unpaired) electrons. The lowest BCUT2D eigenvalue weighted by Gasteiger charge is -2.26. The van der Waals surface area contributed by atoms with Gasteiger partial charge in [0, 0.05) is 35.3 Å². The van der Waals surface area contributed by atoms with Gasteiger partial charge >= 0.3 is 0 Å². The SMILES string of the molecule is CC1CCC(NC(=O)CSc2nnc(-c3c[nH]c4ccccc34)n2CC2CCCO2)CC1. The first-order valence-electron chi connectivity index (χ1n) is 11.7. The Morgan fingerprint density at radius 3 is 2.88 bits per heavy atom. The molecule has 2 aromatic heterocycles. The number of hydrogen-bond acceptors (Lipinski definition) is 5. The Morgan fingerprint density at radius 1 is 1.22 bits per heavy atom. The highest BCUT2D eigenvalue weighted by Crippen LogP contribution is 2.31. The normalized spacial score (nSPS) is 23.6. The van der Waals surface area contributed by atoms with Gasteiger partial charge in [-0.25, -0.2) is 0 Å². The summed E-state index contributed by atoms with van der Waals surface area (Å²) in [5, 5.41) is 14.1. The van der Waals surface area contributed by atoms with Crippen molar-refractivity contribution in [1.29, 1.82) is 0 Å². The number of nitrogens with zero attached hydrogens (tertiary/aromatic N) is 3. The summed E-state index contributed by atoms with van der Waals surface area (Å²) in [5.74, 6) is 2.03. The number of benzene rings is 1. The molecule has 5 rings (SSSR count). The van der Waals surface area contributed by atoms with Crippen LogP contribution in [0.2, 0.25) is 0 Å². The standard InChI is InChI=1S/C24H31N5O2S/c1-16-8-10-17(11-9-16)26-22(30)15-32-24-28-27-23(29(24)14-18-5-4-12-31-18)20-13-25-21-7-3-2-6-19(20)21/h2-3,6-7,13,16-18,25H,4-5,8-12,14-15H2,1H3,(H,26,30). The number of thioether (sulfide) groups is 1. The second kappa shape index (κ2) is 9.67. The van der Waals surface area contributed by atoms with Gasteiger partial charge in [-0.05, 0) is 50.5 Å². The Balaban J connectivity index is 1.33. The molecule has 1 aliphatic carbocycles. The number of aromatic nitrogens is 4. The minimum Gasteiger partial charge on any atom is -0.376 e. The van der Waals surface area contributed by atoms with Crippen LogP contribution in [-0.4, -0.2) is 50.2 Å². The summed E-state index contributed by atoms with van der Waals surface area (Å²) in [7, 11) is 0. The largest absolute Gasteiger partial charge is 0.376 e. The third-order valence-electron chi connectivity index (χ3n) is 6.67. The molecule has 0 spiro atoms. The first kappa shape index (κ1) is 21.5. The zero-order valence-corrected chi connectivity index (χ0v) is 19.4. The molecular formula is C24H31N5O2S. The fraction of sp³-hybridized carbons (Fsp3) is 0.542. The van der Waals surface area contributed by atoms with Crippen molar-refractivity contribution in [1.82, 2.24) is 25.1 Å². The van der Waals surface area contributed by atoms with Crippen molar-refractivity contribution in [3.05, 3.63) is 30.5 Å². The van der Waals surface area contributed by atoms with Gasteiger partial charge in [-0.2, -0.15) is 0 Å². The lowest BCUT2D eigenvalue weighted by Crippen LogP contribution is -2.38. The molecule has 8 heteroatoms. The summed E-state index contributed by atoms with van der Waals surface area (Å²) >= 11 is 1.46. The molecule has 1 unspecified atom stereocenters. The Hall–Kier alpha value is -2.32. The molecular weight excluding hydrogens is 422 g/mol. The highest BCUT2D eigenvalue weighted by atomic mass is 32.2. The molecule has 2 fully saturated rings. The summed E-state index contributed by atoms with van der Waals surface area (Å²) < 4.78 is 8.03. The van der Waals surface area contributed by atoms with Gasteiger partial charge in [0.15, 0.2) is 11.0 Å². The predicted molar refractivity (Wildman–Crippen MR) is 127 cm³/mol. The maximum Gasteiger partial charge on any atom is 0.230 e. The number of carbonyl (C=O) groups is 1. The van der Waals surface area contributed by atoms with Gasteiger partial charge in [-0.1, -0.05) is 36.9 Å². The Morgan fingerprint density at radius 2 is 2.06 bits per heavy atom. The smallest absolute Gasteiger partial charge is 0.230 e. The molecule has 1 saturated carbocycles. The second-order valence-electron chi connectivity index (χ2n) is 9.11. The van der Waals surface area contributed by atoms with Crippen LogP contribution in [0.3, 0.4) is 0 Å². The van der Waals surface area contributed by atoms with Crippen LogP contribution in [0.5, 0.6) is 0 Å².